The molecule has 1 rings (SSSR count). The van der Waals surface area contributed by atoms with Crippen molar-refractivity contribution >= 4 is 5.97 Å². The van der Waals surface area contributed by atoms with E-state index in [0.29, 0.717) is 6.54 Å². The van der Waals surface area contributed by atoms with E-state index >= 15 is 0 Å². The van der Waals surface area contributed by atoms with Crippen molar-refractivity contribution in [2.24, 2.45) is 0 Å². The van der Waals surface area contributed by atoms with Crippen LogP contribution in [0.2, 0.25) is 0 Å². The predicted octanol–water partition coefficient (Wildman–Crippen LogP) is -0.384. The minimum atomic E-state index is -0.979. The molecule has 0 unspecified atom stereocenters. The van der Waals surface area contributed by atoms with Gasteiger partial charge in [-0.3, -0.25) is 0 Å². The smallest absolute Gasteiger partial charge is 0.336 e. The molecule has 0 saturated carbocycles. The first-order valence-electron chi connectivity index (χ1n) is 4.22. The average molecular weight is 173 g/mol. The summed E-state index contributed by atoms with van der Waals surface area (Å²) in [6, 6.07) is 0. The van der Waals surface area contributed by atoms with Crippen LogP contribution in [0.1, 0.15) is 12.8 Å². The average Bonchev–Trinajstić information content (AvgIpc) is 2.55. The number of rotatable bonds is 3. The van der Waals surface area contributed by atoms with Crippen LogP contribution in [0.15, 0.2) is 0 Å². The first-order valence-corrected chi connectivity index (χ1v) is 4.22. The molecule has 1 aliphatic rings. The van der Waals surface area contributed by atoms with Crippen LogP contribution in [0.3, 0.4) is 0 Å². The second-order valence-electron chi connectivity index (χ2n) is 3.05. The summed E-state index contributed by atoms with van der Waals surface area (Å²) in [5.74, 6) is -0.540. The number of carbonyl (C=O) groups is 1. The van der Waals surface area contributed by atoms with E-state index in [-0.39, 0.29) is 0 Å². The van der Waals surface area contributed by atoms with E-state index in [9.17, 15) is 9.90 Å². The maximum absolute atomic E-state index is 10.8. The van der Waals surface area contributed by atoms with Crippen LogP contribution < -0.4 is 0 Å². The Morgan fingerprint density at radius 1 is 1.58 bits per heavy atom. The number of methoxy groups -OCH3 is 1. The Hall–Kier alpha value is -0.610. The number of esters is 1. The summed E-state index contributed by atoms with van der Waals surface area (Å²) in [6.07, 6.45) is 1.34. The van der Waals surface area contributed by atoms with Gasteiger partial charge in [-0.15, -0.1) is 0 Å². The Kier molecular flexibility index (Phi) is 3.49. The van der Waals surface area contributed by atoms with Crippen LogP contribution in [-0.2, 0) is 9.53 Å². The molecule has 1 N–H and O–H groups in total. The third-order valence-corrected chi connectivity index (χ3v) is 2.10. The van der Waals surface area contributed by atoms with Gasteiger partial charge >= 0.3 is 5.97 Å². The number of aliphatic hydroxyl groups is 1. The molecule has 0 aromatic rings. The quantitative estimate of drug-likeness (QED) is 0.591. The molecule has 0 amide bonds. The number of ether oxygens (including phenoxy) is 1. The minimum Gasteiger partial charge on any atom is -0.467 e. The Morgan fingerprint density at radius 3 is 2.67 bits per heavy atom. The number of hydrogen-bond donors (Lipinski definition) is 1. The minimum absolute atomic E-state index is 0.409. The number of aliphatic hydroxyl groups excluding tert-OH is 1. The van der Waals surface area contributed by atoms with Gasteiger partial charge in [0, 0.05) is 6.54 Å². The Balaban J connectivity index is 2.24. The molecule has 1 aliphatic heterocycles. The zero-order valence-electron chi connectivity index (χ0n) is 7.32. The highest BCUT2D eigenvalue weighted by atomic mass is 16.5. The van der Waals surface area contributed by atoms with Crippen LogP contribution in [-0.4, -0.2) is 48.8 Å². The van der Waals surface area contributed by atoms with E-state index in [1.807, 2.05) is 0 Å². The number of carbonyl (C=O) groups excluding carboxylic acids is 1. The van der Waals surface area contributed by atoms with Gasteiger partial charge in [0.15, 0.2) is 6.10 Å². The number of likely N-dealkylation sites (tertiary alicyclic amines) is 1. The van der Waals surface area contributed by atoms with E-state index in [2.05, 4.69) is 9.64 Å². The summed E-state index contributed by atoms with van der Waals surface area (Å²) < 4.78 is 4.41. The number of nitrogens with zero attached hydrogens (tertiary/aromatic N) is 1. The summed E-state index contributed by atoms with van der Waals surface area (Å²) in [5.41, 5.74) is 0. The monoisotopic (exact) mass is 173 g/mol. The highest BCUT2D eigenvalue weighted by molar-refractivity contribution is 5.74. The van der Waals surface area contributed by atoms with Crippen molar-refractivity contribution in [3.05, 3.63) is 0 Å². The second-order valence-corrected chi connectivity index (χ2v) is 3.05. The predicted molar refractivity (Wildman–Crippen MR) is 43.7 cm³/mol. The fourth-order valence-corrected chi connectivity index (χ4v) is 1.42. The van der Waals surface area contributed by atoms with E-state index in [4.69, 9.17) is 0 Å². The molecule has 1 heterocycles. The molecule has 4 heteroatoms. The number of hydrogen-bond acceptors (Lipinski definition) is 4. The van der Waals surface area contributed by atoms with Gasteiger partial charge in [-0.1, -0.05) is 0 Å². The lowest BCUT2D eigenvalue weighted by atomic mass is 10.3. The van der Waals surface area contributed by atoms with Gasteiger partial charge in [0.25, 0.3) is 0 Å². The molecular weight excluding hydrogens is 158 g/mol. The van der Waals surface area contributed by atoms with Crippen molar-refractivity contribution in [3.63, 3.8) is 0 Å². The van der Waals surface area contributed by atoms with Gasteiger partial charge in [-0.2, -0.15) is 0 Å². The van der Waals surface area contributed by atoms with E-state index < -0.39 is 12.1 Å². The van der Waals surface area contributed by atoms with Crippen LogP contribution in [0.4, 0.5) is 0 Å². The zero-order valence-corrected chi connectivity index (χ0v) is 7.32. The fourth-order valence-electron chi connectivity index (χ4n) is 1.42. The molecule has 70 valence electrons. The number of β-amino-alcohol motifs (C(OH)–C–C–N with tert-alkyl or cyclic N) is 1. The molecular formula is C8H15NO3. The van der Waals surface area contributed by atoms with Crippen LogP contribution in [0.25, 0.3) is 0 Å². The summed E-state index contributed by atoms with van der Waals surface area (Å²) in [6.45, 7) is 2.37. The van der Waals surface area contributed by atoms with E-state index in [0.717, 1.165) is 25.9 Å². The van der Waals surface area contributed by atoms with Gasteiger partial charge in [-0.05, 0) is 25.9 Å². The van der Waals surface area contributed by atoms with Crippen molar-refractivity contribution in [2.45, 2.75) is 18.9 Å². The molecule has 1 saturated heterocycles. The van der Waals surface area contributed by atoms with Gasteiger partial charge in [0.2, 0.25) is 0 Å². The van der Waals surface area contributed by atoms with E-state index in [1.165, 1.54) is 7.11 Å². The summed E-state index contributed by atoms with van der Waals surface area (Å²) in [7, 11) is 1.29. The van der Waals surface area contributed by atoms with Crippen LogP contribution >= 0.6 is 0 Å². The summed E-state index contributed by atoms with van der Waals surface area (Å²) in [5, 5.41) is 9.26. The van der Waals surface area contributed by atoms with Gasteiger partial charge in [0.05, 0.1) is 7.11 Å². The van der Waals surface area contributed by atoms with Crippen molar-refractivity contribution in [1.82, 2.24) is 4.90 Å². The lowest BCUT2D eigenvalue weighted by Crippen LogP contribution is -2.35. The fraction of sp³-hybridized carbons (Fsp3) is 0.875. The SMILES string of the molecule is COC(=O)[C@@H](O)CN1CCCC1. The lowest BCUT2D eigenvalue weighted by Gasteiger charge is -2.17. The summed E-state index contributed by atoms with van der Waals surface area (Å²) in [4.78, 5) is 12.9. The molecule has 1 fully saturated rings. The standard InChI is InChI=1S/C8H15NO3/c1-12-8(11)7(10)6-9-4-2-3-5-9/h7,10H,2-6H2,1H3/t7-/m0/s1. The largest absolute Gasteiger partial charge is 0.467 e. The van der Waals surface area contributed by atoms with Crippen LogP contribution in [0.5, 0.6) is 0 Å². The van der Waals surface area contributed by atoms with E-state index in [1.54, 1.807) is 0 Å². The Bertz CT molecular complexity index is 154. The first kappa shape index (κ1) is 9.48. The van der Waals surface area contributed by atoms with Gasteiger partial charge in [-0.25, -0.2) is 4.79 Å². The zero-order chi connectivity index (χ0) is 8.97. The van der Waals surface area contributed by atoms with Gasteiger partial charge in [0.1, 0.15) is 0 Å². The maximum atomic E-state index is 10.8. The summed E-state index contributed by atoms with van der Waals surface area (Å²) >= 11 is 0. The normalized spacial score (nSPS) is 20.8. The Morgan fingerprint density at radius 2 is 2.17 bits per heavy atom. The van der Waals surface area contributed by atoms with Crippen molar-refractivity contribution in [3.8, 4) is 0 Å². The first-order chi connectivity index (χ1) is 5.74. The van der Waals surface area contributed by atoms with Gasteiger partial charge < -0.3 is 14.7 Å². The van der Waals surface area contributed by atoms with Crippen molar-refractivity contribution in [1.29, 1.82) is 0 Å². The molecule has 1 atom stereocenters. The topological polar surface area (TPSA) is 49.8 Å². The molecule has 0 aromatic heterocycles. The molecule has 12 heavy (non-hydrogen) atoms. The third-order valence-electron chi connectivity index (χ3n) is 2.10. The van der Waals surface area contributed by atoms with Crippen molar-refractivity contribution in [2.75, 3.05) is 26.7 Å². The molecule has 0 spiro atoms. The maximum Gasteiger partial charge on any atom is 0.336 e. The third kappa shape index (κ3) is 2.46. The molecule has 0 radical (unpaired) electrons. The highest BCUT2D eigenvalue weighted by Gasteiger charge is 2.21. The molecule has 0 bridgehead atoms. The second kappa shape index (κ2) is 4.42. The highest BCUT2D eigenvalue weighted by Crippen LogP contribution is 2.07. The molecule has 4 nitrogen and oxygen atoms in total. The Labute approximate surface area is 72.1 Å². The van der Waals surface area contributed by atoms with Crippen molar-refractivity contribution < 1.29 is 14.6 Å². The van der Waals surface area contributed by atoms with Crippen LogP contribution in [0, 0.1) is 0 Å². The molecule has 0 aromatic carbocycles. The molecule has 0 aliphatic carbocycles. The lowest BCUT2D eigenvalue weighted by molar-refractivity contribution is -0.151.